The zero-order valence-electron chi connectivity index (χ0n) is 10.4. The molecule has 1 aromatic heterocycles. The quantitative estimate of drug-likeness (QED) is 0.593. The number of nitrogens with zero attached hydrogens (tertiary/aromatic N) is 4. The predicted octanol–water partition coefficient (Wildman–Crippen LogP) is 0.547. The van der Waals surface area contributed by atoms with Gasteiger partial charge in [-0.2, -0.15) is 5.10 Å². The van der Waals surface area contributed by atoms with Gasteiger partial charge in [0.25, 0.3) is 0 Å². The van der Waals surface area contributed by atoms with Crippen LogP contribution in [0.4, 0.5) is 5.69 Å². The third kappa shape index (κ3) is 2.46. The molecule has 2 aromatic rings. The molecule has 8 nitrogen and oxygen atoms in total. The molecule has 1 heterocycles. The largest absolute Gasteiger partial charge is 0.490 e. The van der Waals surface area contributed by atoms with Gasteiger partial charge in [-0.05, 0) is 11.6 Å². The molecule has 0 atom stereocenters. The number of methoxy groups -OCH3 is 1. The molecule has 8 heteroatoms. The highest BCUT2D eigenvalue weighted by atomic mass is 16.6. The first kappa shape index (κ1) is 12.8. The van der Waals surface area contributed by atoms with Crippen LogP contribution in [0.25, 0.3) is 0 Å². The molecule has 0 unspecified atom stereocenters. The van der Waals surface area contributed by atoms with Crippen molar-refractivity contribution in [1.82, 2.24) is 14.3 Å². The highest BCUT2D eigenvalue weighted by Crippen LogP contribution is 2.27. The van der Waals surface area contributed by atoms with E-state index >= 15 is 0 Å². The lowest BCUT2D eigenvalue weighted by Crippen LogP contribution is -2.23. The standard InChI is InChI=1S/C11H12N4O4/c1-13-7-12-14(11(13)16)6-8-3-4-10(19-2)9(5-8)15(17)18/h3-5,7H,6H2,1-2H3. The lowest BCUT2D eigenvalue weighted by atomic mass is 10.2. The number of ether oxygens (including phenoxy) is 1. The summed E-state index contributed by atoms with van der Waals surface area (Å²) in [5.41, 5.74) is 0.191. The minimum atomic E-state index is -0.524. The molecule has 0 N–H and O–H groups in total. The first-order valence-electron chi connectivity index (χ1n) is 5.42. The summed E-state index contributed by atoms with van der Waals surface area (Å²) >= 11 is 0. The third-order valence-corrected chi connectivity index (χ3v) is 2.66. The molecule has 0 saturated carbocycles. The van der Waals surface area contributed by atoms with Crippen molar-refractivity contribution in [3.05, 3.63) is 50.7 Å². The Kier molecular flexibility index (Phi) is 3.32. The van der Waals surface area contributed by atoms with E-state index in [0.29, 0.717) is 5.56 Å². The fourth-order valence-electron chi connectivity index (χ4n) is 1.68. The number of hydrogen-bond donors (Lipinski definition) is 0. The summed E-state index contributed by atoms with van der Waals surface area (Å²) in [5.74, 6) is 0.183. The van der Waals surface area contributed by atoms with Gasteiger partial charge in [-0.3, -0.25) is 14.7 Å². The molecule has 0 spiro atoms. The van der Waals surface area contributed by atoms with Gasteiger partial charge < -0.3 is 4.74 Å². The van der Waals surface area contributed by atoms with Gasteiger partial charge in [-0.1, -0.05) is 6.07 Å². The van der Waals surface area contributed by atoms with E-state index < -0.39 is 4.92 Å². The SMILES string of the molecule is COc1ccc(Cn2ncn(C)c2=O)cc1[N+](=O)[O-]. The number of nitro groups is 1. The molecule has 0 radical (unpaired) electrons. The summed E-state index contributed by atoms with van der Waals surface area (Å²) in [6.07, 6.45) is 1.39. The summed E-state index contributed by atoms with van der Waals surface area (Å²) in [7, 11) is 2.95. The first-order valence-corrected chi connectivity index (χ1v) is 5.42. The highest BCUT2D eigenvalue weighted by Gasteiger charge is 2.15. The van der Waals surface area contributed by atoms with Crippen LogP contribution in [0.3, 0.4) is 0 Å². The Morgan fingerprint density at radius 1 is 1.47 bits per heavy atom. The Labute approximate surface area is 108 Å². The highest BCUT2D eigenvalue weighted by molar-refractivity contribution is 5.48. The predicted molar refractivity (Wildman–Crippen MR) is 66.2 cm³/mol. The zero-order valence-corrected chi connectivity index (χ0v) is 10.4. The van der Waals surface area contributed by atoms with Crippen LogP contribution < -0.4 is 10.4 Å². The lowest BCUT2D eigenvalue weighted by molar-refractivity contribution is -0.385. The van der Waals surface area contributed by atoms with Crippen LogP contribution >= 0.6 is 0 Å². The normalized spacial score (nSPS) is 10.4. The van der Waals surface area contributed by atoms with Crippen molar-refractivity contribution in [2.75, 3.05) is 7.11 Å². The van der Waals surface area contributed by atoms with Gasteiger partial charge in [0, 0.05) is 13.1 Å². The second-order valence-electron chi connectivity index (χ2n) is 3.95. The summed E-state index contributed by atoms with van der Waals surface area (Å²) in [6, 6.07) is 4.54. The van der Waals surface area contributed by atoms with Gasteiger partial charge in [-0.15, -0.1) is 0 Å². The van der Waals surface area contributed by atoms with Crippen LogP contribution in [-0.4, -0.2) is 26.4 Å². The van der Waals surface area contributed by atoms with Gasteiger partial charge >= 0.3 is 11.4 Å². The lowest BCUT2D eigenvalue weighted by Gasteiger charge is -2.04. The van der Waals surface area contributed by atoms with E-state index in [1.165, 1.54) is 34.8 Å². The Hall–Kier alpha value is -2.64. The van der Waals surface area contributed by atoms with Crippen molar-refractivity contribution < 1.29 is 9.66 Å². The fraction of sp³-hybridized carbons (Fsp3) is 0.273. The van der Waals surface area contributed by atoms with Crippen molar-refractivity contribution >= 4 is 5.69 Å². The van der Waals surface area contributed by atoms with E-state index in [4.69, 9.17) is 4.74 Å². The number of benzene rings is 1. The van der Waals surface area contributed by atoms with Gasteiger partial charge in [0.1, 0.15) is 6.33 Å². The Bertz CT molecular complexity index is 674. The molecule has 0 amide bonds. The van der Waals surface area contributed by atoms with E-state index in [-0.39, 0.29) is 23.7 Å². The molecule has 0 fully saturated rings. The Balaban J connectivity index is 2.36. The molecule has 0 aliphatic carbocycles. The van der Waals surface area contributed by atoms with Crippen molar-refractivity contribution in [2.24, 2.45) is 7.05 Å². The minimum absolute atomic E-state index is 0.135. The summed E-state index contributed by atoms with van der Waals surface area (Å²) < 4.78 is 7.47. The molecule has 0 aliphatic heterocycles. The monoisotopic (exact) mass is 264 g/mol. The van der Waals surface area contributed by atoms with Crippen LogP contribution in [0.5, 0.6) is 5.75 Å². The molecule has 2 rings (SSSR count). The maximum atomic E-state index is 11.6. The number of aryl methyl sites for hydroxylation is 1. The Morgan fingerprint density at radius 2 is 2.21 bits per heavy atom. The fourth-order valence-corrected chi connectivity index (χ4v) is 1.68. The van der Waals surface area contributed by atoms with Crippen LogP contribution in [-0.2, 0) is 13.6 Å². The van der Waals surface area contributed by atoms with Crippen LogP contribution in [0.2, 0.25) is 0 Å². The van der Waals surface area contributed by atoms with Crippen LogP contribution in [0, 0.1) is 10.1 Å². The molecule has 100 valence electrons. The molecule has 0 saturated heterocycles. The molecular weight excluding hydrogens is 252 g/mol. The molecule has 19 heavy (non-hydrogen) atoms. The van der Waals surface area contributed by atoms with Gasteiger partial charge in [0.2, 0.25) is 0 Å². The average Bonchev–Trinajstić information content (AvgIpc) is 2.70. The minimum Gasteiger partial charge on any atom is -0.490 e. The zero-order chi connectivity index (χ0) is 14.0. The smallest absolute Gasteiger partial charge is 0.345 e. The number of hydrogen-bond acceptors (Lipinski definition) is 5. The number of nitro benzene ring substituents is 1. The average molecular weight is 264 g/mol. The van der Waals surface area contributed by atoms with E-state index in [1.54, 1.807) is 13.1 Å². The summed E-state index contributed by atoms with van der Waals surface area (Å²) in [5, 5.41) is 14.8. The van der Waals surface area contributed by atoms with E-state index in [1.807, 2.05) is 0 Å². The molecule has 0 bridgehead atoms. The van der Waals surface area contributed by atoms with Gasteiger partial charge in [-0.25, -0.2) is 9.48 Å². The maximum absolute atomic E-state index is 11.6. The first-order chi connectivity index (χ1) is 9.02. The maximum Gasteiger partial charge on any atom is 0.345 e. The Morgan fingerprint density at radius 3 is 2.74 bits per heavy atom. The summed E-state index contributed by atoms with van der Waals surface area (Å²) in [4.78, 5) is 22.0. The third-order valence-electron chi connectivity index (χ3n) is 2.66. The van der Waals surface area contributed by atoms with Crippen molar-refractivity contribution in [3.8, 4) is 5.75 Å². The van der Waals surface area contributed by atoms with Crippen LogP contribution in [0.1, 0.15) is 5.56 Å². The van der Waals surface area contributed by atoms with Gasteiger partial charge in [0.15, 0.2) is 5.75 Å². The second-order valence-corrected chi connectivity index (χ2v) is 3.95. The number of rotatable bonds is 4. The van der Waals surface area contributed by atoms with E-state index in [2.05, 4.69) is 5.10 Å². The van der Waals surface area contributed by atoms with E-state index in [9.17, 15) is 14.9 Å². The molecule has 0 aliphatic rings. The number of aromatic nitrogens is 3. The molecular formula is C11H12N4O4. The van der Waals surface area contributed by atoms with Crippen molar-refractivity contribution in [2.45, 2.75) is 6.54 Å². The van der Waals surface area contributed by atoms with Gasteiger partial charge in [0.05, 0.1) is 18.6 Å². The topological polar surface area (TPSA) is 92.2 Å². The van der Waals surface area contributed by atoms with Crippen LogP contribution in [0.15, 0.2) is 29.3 Å². The molecule has 1 aromatic carbocycles. The van der Waals surface area contributed by atoms with Crippen molar-refractivity contribution in [3.63, 3.8) is 0 Å². The van der Waals surface area contributed by atoms with Crippen molar-refractivity contribution in [1.29, 1.82) is 0 Å². The van der Waals surface area contributed by atoms with E-state index in [0.717, 1.165) is 0 Å². The second kappa shape index (κ2) is 4.92. The summed E-state index contributed by atoms with van der Waals surface area (Å²) in [6.45, 7) is 0.171.